The second-order valence-electron chi connectivity index (χ2n) is 12.8. The fourth-order valence-electron chi connectivity index (χ4n) is 6.17. The van der Waals surface area contributed by atoms with Crippen molar-refractivity contribution in [3.05, 3.63) is 83.7 Å². The average molecular weight is 680 g/mol. The molecule has 0 amide bonds. The highest BCUT2D eigenvalue weighted by atomic mass is 32.2. The molecular formula is C34H42FN7O5S. The third-order valence-corrected chi connectivity index (χ3v) is 10.2. The standard InChI is InChI=1S/C34H42FN7O5S/c1-23(2)32-38-34(46-40-32)41-16-14-25(15-17-41)7-6-18-45-26-19-36-33(37-20-26)42-21-29(28-8-4-5-9-30(28)35)31(22-42)39-47-48(43,44)27-12-10-24(3)11-13-27/h4-5,8-13,19-20,23,25,29,31,39H,6-7,14-18,21-22H2,1-3H3. The van der Waals surface area contributed by atoms with Crippen molar-refractivity contribution < 1.29 is 26.4 Å². The molecule has 2 unspecified atom stereocenters. The predicted octanol–water partition coefficient (Wildman–Crippen LogP) is 5.39. The lowest BCUT2D eigenvalue weighted by molar-refractivity contribution is 0.162. The van der Waals surface area contributed by atoms with Gasteiger partial charge in [0.25, 0.3) is 0 Å². The van der Waals surface area contributed by atoms with Gasteiger partial charge in [-0.1, -0.05) is 54.9 Å². The number of hydroxylamine groups is 1. The highest BCUT2D eigenvalue weighted by Crippen LogP contribution is 2.32. The molecule has 0 aliphatic carbocycles. The number of benzene rings is 2. The molecule has 0 spiro atoms. The maximum absolute atomic E-state index is 14.9. The number of halogens is 1. The Morgan fingerprint density at radius 1 is 1.02 bits per heavy atom. The minimum Gasteiger partial charge on any atom is -0.490 e. The Bertz CT molecular complexity index is 1750. The third-order valence-electron chi connectivity index (χ3n) is 9.00. The molecule has 14 heteroatoms. The van der Waals surface area contributed by atoms with E-state index in [0.717, 1.165) is 50.2 Å². The second-order valence-corrected chi connectivity index (χ2v) is 14.4. The first-order valence-corrected chi connectivity index (χ1v) is 17.9. The van der Waals surface area contributed by atoms with Gasteiger partial charge in [-0.15, -0.1) is 0 Å². The Hall–Kier alpha value is -4.14. The predicted molar refractivity (Wildman–Crippen MR) is 178 cm³/mol. The molecule has 2 aliphatic rings. The highest BCUT2D eigenvalue weighted by Gasteiger charge is 2.38. The van der Waals surface area contributed by atoms with Crippen LogP contribution in [0.15, 0.2) is 70.3 Å². The van der Waals surface area contributed by atoms with Crippen molar-refractivity contribution in [2.75, 3.05) is 42.6 Å². The van der Waals surface area contributed by atoms with Crippen LogP contribution in [0.25, 0.3) is 0 Å². The first kappa shape index (κ1) is 33.7. The number of aryl methyl sites for hydroxylation is 1. The number of hydrogen-bond acceptors (Lipinski definition) is 12. The average Bonchev–Trinajstić information content (AvgIpc) is 3.76. The van der Waals surface area contributed by atoms with Gasteiger partial charge in [-0.25, -0.2) is 14.4 Å². The number of nitrogens with one attached hydrogen (secondary N) is 1. The van der Waals surface area contributed by atoms with Crippen LogP contribution in [-0.2, 0) is 14.4 Å². The van der Waals surface area contributed by atoms with Crippen molar-refractivity contribution in [3.8, 4) is 5.75 Å². The summed E-state index contributed by atoms with van der Waals surface area (Å²) < 4.78 is 57.3. The molecule has 6 rings (SSSR count). The molecule has 2 aromatic heterocycles. The maximum atomic E-state index is 14.9. The Morgan fingerprint density at radius 2 is 1.75 bits per heavy atom. The Balaban J connectivity index is 0.998. The lowest BCUT2D eigenvalue weighted by Crippen LogP contribution is -2.37. The molecule has 0 radical (unpaired) electrons. The van der Waals surface area contributed by atoms with Crippen LogP contribution in [-0.4, -0.2) is 67.4 Å². The summed E-state index contributed by atoms with van der Waals surface area (Å²) in [5.74, 6) is 1.81. The first-order chi connectivity index (χ1) is 23.2. The van der Waals surface area contributed by atoms with E-state index in [1.807, 2.05) is 11.8 Å². The summed E-state index contributed by atoms with van der Waals surface area (Å²) in [5.41, 5.74) is 4.09. The largest absolute Gasteiger partial charge is 0.490 e. The number of nitrogens with zero attached hydrogens (tertiary/aromatic N) is 6. The molecule has 0 bridgehead atoms. The third kappa shape index (κ3) is 8.10. The summed E-state index contributed by atoms with van der Waals surface area (Å²) >= 11 is 0. The van der Waals surface area contributed by atoms with Gasteiger partial charge in [-0.05, 0) is 62.3 Å². The number of hydrogen-bond donors (Lipinski definition) is 1. The molecule has 48 heavy (non-hydrogen) atoms. The van der Waals surface area contributed by atoms with Gasteiger partial charge < -0.3 is 19.1 Å². The fraction of sp³-hybridized carbons (Fsp3) is 0.471. The molecule has 4 aromatic rings. The molecule has 2 saturated heterocycles. The van der Waals surface area contributed by atoms with Gasteiger partial charge >= 0.3 is 16.1 Å². The van der Waals surface area contributed by atoms with E-state index >= 15 is 0 Å². The summed E-state index contributed by atoms with van der Waals surface area (Å²) in [6, 6.07) is 12.9. The summed E-state index contributed by atoms with van der Waals surface area (Å²) in [7, 11) is -4.08. The van der Waals surface area contributed by atoms with Gasteiger partial charge in [0.15, 0.2) is 11.6 Å². The fourth-order valence-corrected chi connectivity index (χ4v) is 6.98. The zero-order valence-electron chi connectivity index (χ0n) is 27.5. The smallest absolute Gasteiger partial charge is 0.324 e. The molecule has 0 saturated carbocycles. The minimum absolute atomic E-state index is 0.0303. The molecular weight excluding hydrogens is 637 g/mol. The van der Waals surface area contributed by atoms with Crippen molar-refractivity contribution in [3.63, 3.8) is 0 Å². The van der Waals surface area contributed by atoms with Crippen molar-refractivity contribution in [2.45, 2.75) is 69.2 Å². The molecule has 1 N–H and O–H groups in total. The zero-order chi connectivity index (χ0) is 33.7. The summed E-state index contributed by atoms with van der Waals surface area (Å²) in [5, 5.41) is 4.08. The number of piperidine rings is 1. The molecule has 2 aliphatic heterocycles. The van der Waals surface area contributed by atoms with E-state index in [0.29, 0.717) is 48.9 Å². The molecule has 12 nitrogen and oxygen atoms in total. The molecule has 4 heterocycles. The normalized spacial score (nSPS) is 18.9. The van der Waals surface area contributed by atoms with Gasteiger partial charge in [-0.2, -0.15) is 23.2 Å². The van der Waals surface area contributed by atoms with Gasteiger partial charge in [-0.3, -0.25) is 0 Å². The number of ether oxygens (including phenoxy) is 1. The Kier molecular flexibility index (Phi) is 10.5. The maximum Gasteiger partial charge on any atom is 0.324 e. The van der Waals surface area contributed by atoms with Crippen LogP contribution in [0, 0.1) is 18.7 Å². The van der Waals surface area contributed by atoms with Crippen molar-refractivity contribution in [2.24, 2.45) is 5.92 Å². The summed E-state index contributed by atoms with van der Waals surface area (Å²) in [6.45, 7) is 9.00. The Morgan fingerprint density at radius 3 is 2.44 bits per heavy atom. The van der Waals surface area contributed by atoms with E-state index in [1.165, 1.54) is 18.2 Å². The van der Waals surface area contributed by atoms with Crippen LogP contribution in [0.5, 0.6) is 5.75 Å². The summed E-state index contributed by atoms with van der Waals surface area (Å²) in [6.07, 6.45) is 7.38. The number of anilines is 2. The number of aromatic nitrogens is 4. The molecule has 2 aromatic carbocycles. The van der Waals surface area contributed by atoms with Gasteiger partial charge in [0.1, 0.15) is 5.82 Å². The van der Waals surface area contributed by atoms with Crippen LogP contribution in [0.2, 0.25) is 0 Å². The monoisotopic (exact) mass is 679 g/mol. The quantitative estimate of drug-likeness (QED) is 0.143. The minimum atomic E-state index is -4.08. The van der Waals surface area contributed by atoms with E-state index in [9.17, 15) is 12.8 Å². The lowest BCUT2D eigenvalue weighted by atomic mass is 9.92. The van der Waals surface area contributed by atoms with E-state index in [1.54, 1.807) is 42.7 Å². The van der Waals surface area contributed by atoms with Crippen LogP contribution in [0.3, 0.4) is 0 Å². The molecule has 2 fully saturated rings. The first-order valence-electron chi connectivity index (χ1n) is 16.4. The van der Waals surface area contributed by atoms with Crippen LogP contribution in [0.1, 0.15) is 68.3 Å². The van der Waals surface area contributed by atoms with E-state index in [4.69, 9.17) is 13.5 Å². The lowest BCUT2D eigenvalue weighted by Gasteiger charge is -2.30. The van der Waals surface area contributed by atoms with Gasteiger partial charge in [0.2, 0.25) is 5.95 Å². The van der Waals surface area contributed by atoms with Crippen LogP contribution in [0.4, 0.5) is 16.4 Å². The van der Waals surface area contributed by atoms with Crippen molar-refractivity contribution in [1.82, 2.24) is 25.6 Å². The van der Waals surface area contributed by atoms with E-state index < -0.39 is 22.1 Å². The topological polar surface area (TPSA) is 136 Å². The SMILES string of the molecule is Cc1ccc(S(=O)(=O)ONC2CN(c3ncc(OCCCC4CCN(c5nc(C(C)C)no5)CC4)cn3)CC2c2ccccc2F)cc1. The van der Waals surface area contributed by atoms with Gasteiger partial charge in [0.05, 0.1) is 29.9 Å². The molecule has 256 valence electrons. The van der Waals surface area contributed by atoms with Gasteiger partial charge in [0, 0.05) is 38.0 Å². The van der Waals surface area contributed by atoms with E-state index in [-0.39, 0.29) is 16.6 Å². The van der Waals surface area contributed by atoms with Crippen molar-refractivity contribution in [1.29, 1.82) is 0 Å². The zero-order valence-corrected chi connectivity index (χ0v) is 28.3. The van der Waals surface area contributed by atoms with E-state index in [2.05, 4.69) is 44.3 Å². The Labute approximate surface area is 280 Å². The van der Waals surface area contributed by atoms with Crippen LogP contribution >= 0.6 is 0 Å². The van der Waals surface area contributed by atoms with Crippen molar-refractivity contribution >= 4 is 22.1 Å². The molecule has 2 atom stereocenters. The number of rotatable bonds is 13. The summed E-state index contributed by atoms with van der Waals surface area (Å²) in [4.78, 5) is 17.6. The highest BCUT2D eigenvalue weighted by molar-refractivity contribution is 7.86. The second kappa shape index (κ2) is 15.0. The van der Waals surface area contributed by atoms with Crippen LogP contribution < -0.4 is 20.0 Å².